The number of unbranched alkanes of at least 4 members (excludes halogenated alkanes) is 1. The van der Waals surface area contributed by atoms with Crippen molar-refractivity contribution in [3.8, 4) is 17.2 Å². The molecule has 1 saturated heterocycles. The van der Waals surface area contributed by atoms with Crippen LogP contribution in [-0.2, 0) is 4.74 Å². The fourth-order valence-corrected chi connectivity index (χ4v) is 2.90. The molecular formula is C18H27NO5. The van der Waals surface area contributed by atoms with E-state index in [0.29, 0.717) is 42.5 Å². The van der Waals surface area contributed by atoms with Crippen molar-refractivity contribution in [3.63, 3.8) is 0 Å². The maximum absolute atomic E-state index is 12.9. The van der Waals surface area contributed by atoms with Crippen molar-refractivity contribution >= 4 is 5.91 Å². The number of carbonyl (C=O) groups excluding carboxylic acids is 1. The lowest BCUT2D eigenvalue weighted by molar-refractivity contribution is -0.0256. The molecule has 1 amide bonds. The number of nitrogens with zero attached hydrogens (tertiary/aromatic N) is 1. The third-order valence-corrected chi connectivity index (χ3v) is 4.22. The van der Waals surface area contributed by atoms with E-state index in [9.17, 15) is 4.79 Å². The standard InChI is InChI=1S/C18H27NO5/c1-5-6-7-14-12-19(8-9-24-14)18(20)13-10-15(21-2)17(23-4)16(11-13)22-3/h10-11,14H,5-9,12H2,1-4H3. The molecule has 6 heteroatoms. The first-order valence-electron chi connectivity index (χ1n) is 8.35. The predicted molar refractivity (Wildman–Crippen MR) is 91.3 cm³/mol. The molecule has 0 radical (unpaired) electrons. The summed E-state index contributed by atoms with van der Waals surface area (Å²) in [6, 6.07) is 3.39. The zero-order valence-corrected chi connectivity index (χ0v) is 15.0. The van der Waals surface area contributed by atoms with Crippen molar-refractivity contribution in [1.29, 1.82) is 0 Å². The molecule has 2 rings (SSSR count). The first kappa shape index (κ1) is 18.4. The Labute approximate surface area is 143 Å². The summed E-state index contributed by atoms with van der Waals surface area (Å²) >= 11 is 0. The minimum atomic E-state index is -0.0425. The second kappa shape index (κ2) is 8.78. The Morgan fingerprint density at radius 2 is 1.88 bits per heavy atom. The van der Waals surface area contributed by atoms with E-state index in [2.05, 4.69) is 6.92 Å². The molecule has 1 aromatic rings. The van der Waals surface area contributed by atoms with Gasteiger partial charge in [0.1, 0.15) is 0 Å². The van der Waals surface area contributed by atoms with Gasteiger partial charge in [-0.05, 0) is 18.6 Å². The largest absolute Gasteiger partial charge is 0.493 e. The lowest BCUT2D eigenvalue weighted by Gasteiger charge is -2.33. The Kier molecular flexibility index (Phi) is 6.73. The normalized spacial score (nSPS) is 17.5. The Hall–Kier alpha value is -1.95. The average Bonchev–Trinajstić information content (AvgIpc) is 2.64. The Balaban J connectivity index is 2.19. The van der Waals surface area contributed by atoms with E-state index in [1.165, 1.54) is 0 Å². The molecule has 0 saturated carbocycles. The van der Waals surface area contributed by atoms with Crippen molar-refractivity contribution in [2.75, 3.05) is 41.0 Å². The zero-order valence-electron chi connectivity index (χ0n) is 15.0. The van der Waals surface area contributed by atoms with Gasteiger partial charge in [-0.3, -0.25) is 4.79 Å². The fraction of sp³-hybridized carbons (Fsp3) is 0.611. The number of hydrogen-bond acceptors (Lipinski definition) is 5. The molecule has 134 valence electrons. The van der Waals surface area contributed by atoms with Crippen molar-refractivity contribution in [1.82, 2.24) is 4.90 Å². The summed E-state index contributed by atoms with van der Waals surface area (Å²) in [7, 11) is 4.63. The summed E-state index contributed by atoms with van der Waals surface area (Å²) in [4.78, 5) is 14.7. The van der Waals surface area contributed by atoms with Gasteiger partial charge in [-0.25, -0.2) is 0 Å². The molecule has 1 heterocycles. The highest BCUT2D eigenvalue weighted by molar-refractivity contribution is 5.95. The van der Waals surface area contributed by atoms with Crippen LogP contribution in [0.4, 0.5) is 0 Å². The smallest absolute Gasteiger partial charge is 0.254 e. The van der Waals surface area contributed by atoms with Crippen LogP contribution in [0.3, 0.4) is 0 Å². The van der Waals surface area contributed by atoms with E-state index in [0.717, 1.165) is 19.3 Å². The van der Waals surface area contributed by atoms with Crippen LogP contribution in [0, 0.1) is 0 Å². The topological polar surface area (TPSA) is 57.2 Å². The molecule has 6 nitrogen and oxygen atoms in total. The number of carbonyl (C=O) groups is 1. The number of benzene rings is 1. The third-order valence-electron chi connectivity index (χ3n) is 4.22. The fourth-order valence-electron chi connectivity index (χ4n) is 2.90. The number of ether oxygens (including phenoxy) is 4. The van der Waals surface area contributed by atoms with E-state index in [-0.39, 0.29) is 12.0 Å². The molecule has 24 heavy (non-hydrogen) atoms. The first-order chi connectivity index (χ1) is 11.6. The van der Waals surface area contributed by atoms with Crippen LogP contribution in [0.15, 0.2) is 12.1 Å². The average molecular weight is 337 g/mol. The number of hydrogen-bond donors (Lipinski definition) is 0. The summed E-state index contributed by atoms with van der Waals surface area (Å²) in [5.74, 6) is 1.41. The van der Waals surface area contributed by atoms with E-state index in [4.69, 9.17) is 18.9 Å². The van der Waals surface area contributed by atoms with Crippen LogP contribution < -0.4 is 14.2 Å². The molecule has 0 aromatic heterocycles. The second-order valence-corrected chi connectivity index (χ2v) is 5.80. The quantitative estimate of drug-likeness (QED) is 0.766. The maximum Gasteiger partial charge on any atom is 0.254 e. The molecule has 0 spiro atoms. The molecule has 1 aliphatic rings. The van der Waals surface area contributed by atoms with Crippen LogP contribution >= 0.6 is 0 Å². The number of methoxy groups -OCH3 is 3. The van der Waals surface area contributed by atoms with Gasteiger partial charge in [0, 0.05) is 18.7 Å². The van der Waals surface area contributed by atoms with E-state index >= 15 is 0 Å². The van der Waals surface area contributed by atoms with Gasteiger partial charge in [0.15, 0.2) is 11.5 Å². The van der Waals surface area contributed by atoms with Crippen LogP contribution in [0.2, 0.25) is 0 Å². The summed E-state index contributed by atoms with van der Waals surface area (Å²) in [6.07, 6.45) is 3.33. The van der Waals surface area contributed by atoms with Gasteiger partial charge < -0.3 is 23.8 Å². The molecule has 1 aliphatic heterocycles. The highest BCUT2D eigenvalue weighted by Crippen LogP contribution is 2.38. The highest BCUT2D eigenvalue weighted by Gasteiger charge is 2.26. The number of morpholine rings is 1. The maximum atomic E-state index is 12.9. The van der Waals surface area contributed by atoms with Crippen LogP contribution in [0.5, 0.6) is 17.2 Å². The van der Waals surface area contributed by atoms with Crippen LogP contribution in [0.1, 0.15) is 36.5 Å². The Morgan fingerprint density at radius 1 is 1.21 bits per heavy atom. The molecule has 1 aromatic carbocycles. The molecule has 1 fully saturated rings. The van der Waals surface area contributed by atoms with Crippen molar-refractivity contribution < 1.29 is 23.7 Å². The lowest BCUT2D eigenvalue weighted by Crippen LogP contribution is -2.45. The Bertz CT molecular complexity index is 535. The van der Waals surface area contributed by atoms with Gasteiger partial charge in [-0.1, -0.05) is 19.8 Å². The minimum Gasteiger partial charge on any atom is -0.493 e. The summed E-state index contributed by atoms with van der Waals surface area (Å²) < 4.78 is 21.7. The Morgan fingerprint density at radius 3 is 2.42 bits per heavy atom. The van der Waals surface area contributed by atoms with Gasteiger partial charge in [-0.15, -0.1) is 0 Å². The number of rotatable bonds is 7. The molecule has 0 N–H and O–H groups in total. The third kappa shape index (κ3) is 4.12. The monoisotopic (exact) mass is 337 g/mol. The van der Waals surface area contributed by atoms with Gasteiger partial charge in [-0.2, -0.15) is 0 Å². The van der Waals surface area contributed by atoms with E-state index in [1.807, 2.05) is 4.90 Å². The summed E-state index contributed by atoms with van der Waals surface area (Å²) in [5.41, 5.74) is 0.528. The number of amides is 1. The van der Waals surface area contributed by atoms with Gasteiger partial charge in [0.05, 0.1) is 34.0 Å². The first-order valence-corrected chi connectivity index (χ1v) is 8.35. The van der Waals surface area contributed by atoms with Gasteiger partial charge >= 0.3 is 0 Å². The lowest BCUT2D eigenvalue weighted by atomic mass is 10.1. The van der Waals surface area contributed by atoms with Gasteiger partial charge in [0.2, 0.25) is 5.75 Å². The summed E-state index contributed by atoms with van der Waals surface area (Å²) in [5, 5.41) is 0. The summed E-state index contributed by atoms with van der Waals surface area (Å²) in [6.45, 7) is 3.94. The molecular weight excluding hydrogens is 310 g/mol. The zero-order chi connectivity index (χ0) is 17.5. The van der Waals surface area contributed by atoms with Crippen molar-refractivity contribution in [2.45, 2.75) is 32.3 Å². The second-order valence-electron chi connectivity index (χ2n) is 5.80. The van der Waals surface area contributed by atoms with Crippen molar-refractivity contribution in [2.24, 2.45) is 0 Å². The molecule has 0 aliphatic carbocycles. The molecule has 1 unspecified atom stereocenters. The van der Waals surface area contributed by atoms with Gasteiger partial charge in [0.25, 0.3) is 5.91 Å². The highest BCUT2D eigenvalue weighted by atomic mass is 16.5. The van der Waals surface area contributed by atoms with Crippen LogP contribution in [-0.4, -0.2) is 57.9 Å². The van der Waals surface area contributed by atoms with E-state index < -0.39 is 0 Å². The van der Waals surface area contributed by atoms with E-state index in [1.54, 1.807) is 33.5 Å². The van der Waals surface area contributed by atoms with Crippen molar-refractivity contribution in [3.05, 3.63) is 17.7 Å². The molecule has 1 atom stereocenters. The molecule has 0 bridgehead atoms. The SMILES string of the molecule is CCCCC1CN(C(=O)c2cc(OC)c(OC)c(OC)c2)CCO1. The van der Waals surface area contributed by atoms with Crippen LogP contribution in [0.25, 0.3) is 0 Å². The predicted octanol–water partition coefficient (Wildman–Crippen LogP) is 2.74. The minimum absolute atomic E-state index is 0.0425.